The summed E-state index contributed by atoms with van der Waals surface area (Å²) < 4.78 is 28.9. The van der Waals surface area contributed by atoms with E-state index in [4.69, 9.17) is 21.6 Å². The van der Waals surface area contributed by atoms with E-state index in [0.717, 1.165) is 11.3 Å². The van der Waals surface area contributed by atoms with Crippen molar-refractivity contribution in [2.75, 3.05) is 18.7 Å². The van der Waals surface area contributed by atoms with Crippen LogP contribution in [0, 0.1) is 17.8 Å². The normalized spacial score (nSPS) is 24.5. The summed E-state index contributed by atoms with van der Waals surface area (Å²) in [6, 6.07) is 1.21. The largest absolute Gasteiger partial charge is 0.366 e. The fourth-order valence-corrected chi connectivity index (χ4v) is 6.08. The van der Waals surface area contributed by atoms with Gasteiger partial charge in [0.2, 0.25) is 0 Å². The Balaban J connectivity index is 1.51. The molecule has 0 aliphatic heterocycles. The standard InChI is InChI=1S/C24H26ClF2N7/c1-12-13-2-4-14(5-3-13)19(12)31-21-16-6-7-34(15(8-26)9-27)24(16)33-22(32-21)17-10-28-23-20(17)30-18(25)11-29-23/h6-7,10-15,19H,2-5,8-9H2,1H3,(H,28,29)(H,31,32,33)/t12-,13?,14?,19+/m0/s1. The summed E-state index contributed by atoms with van der Waals surface area (Å²) in [5, 5.41) is 4.75. The van der Waals surface area contributed by atoms with Crippen LogP contribution >= 0.6 is 11.6 Å². The number of nitrogens with one attached hydrogen (secondary N) is 2. The van der Waals surface area contributed by atoms with Gasteiger partial charge in [-0.1, -0.05) is 18.5 Å². The van der Waals surface area contributed by atoms with Crippen LogP contribution in [0.4, 0.5) is 14.6 Å². The molecule has 3 saturated carbocycles. The topological polar surface area (TPSA) is 84.3 Å². The molecule has 4 heterocycles. The van der Waals surface area contributed by atoms with Crippen molar-refractivity contribution < 1.29 is 8.78 Å². The predicted octanol–water partition coefficient (Wildman–Crippen LogP) is 5.74. The summed E-state index contributed by atoms with van der Waals surface area (Å²) in [6.07, 6.45) is 9.92. The molecule has 0 spiro atoms. The van der Waals surface area contributed by atoms with Crippen LogP contribution in [0.5, 0.6) is 0 Å². The summed E-state index contributed by atoms with van der Waals surface area (Å²) in [5.74, 6) is 2.94. The number of H-pyrrole nitrogens is 1. The maximum absolute atomic E-state index is 13.6. The second-order valence-electron chi connectivity index (χ2n) is 9.61. The summed E-state index contributed by atoms with van der Waals surface area (Å²) in [6.45, 7) is 0.678. The molecule has 7 rings (SSSR count). The molecule has 34 heavy (non-hydrogen) atoms. The van der Waals surface area contributed by atoms with E-state index >= 15 is 0 Å². The first-order valence-corrected chi connectivity index (χ1v) is 12.2. The molecular weight excluding hydrogens is 460 g/mol. The zero-order valence-electron chi connectivity index (χ0n) is 18.8. The van der Waals surface area contributed by atoms with Crippen molar-refractivity contribution in [2.24, 2.45) is 17.8 Å². The Morgan fingerprint density at radius 3 is 2.65 bits per heavy atom. The maximum Gasteiger partial charge on any atom is 0.167 e. The quantitative estimate of drug-likeness (QED) is 0.364. The molecule has 2 atom stereocenters. The molecular formula is C24H26ClF2N7. The second kappa shape index (κ2) is 8.45. The summed E-state index contributed by atoms with van der Waals surface area (Å²) in [7, 11) is 0. The van der Waals surface area contributed by atoms with Gasteiger partial charge in [0.15, 0.2) is 11.5 Å². The Bertz CT molecular complexity index is 1340. The van der Waals surface area contributed by atoms with Crippen LogP contribution in [0.1, 0.15) is 38.6 Å². The van der Waals surface area contributed by atoms with Crippen molar-refractivity contribution in [3.05, 3.63) is 29.8 Å². The molecule has 178 valence electrons. The lowest BCUT2D eigenvalue weighted by atomic mass is 9.62. The molecule has 3 fully saturated rings. The highest BCUT2D eigenvalue weighted by Gasteiger charge is 2.41. The third-order valence-electron chi connectivity index (χ3n) is 7.85. The third kappa shape index (κ3) is 3.43. The van der Waals surface area contributed by atoms with Gasteiger partial charge in [0, 0.05) is 18.4 Å². The highest BCUT2D eigenvalue weighted by molar-refractivity contribution is 6.29. The highest BCUT2D eigenvalue weighted by Crippen LogP contribution is 2.46. The van der Waals surface area contributed by atoms with E-state index in [0.29, 0.717) is 51.9 Å². The molecule has 0 aromatic carbocycles. The van der Waals surface area contributed by atoms with Gasteiger partial charge in [-0.05, 0) is 49.5 Å². The molecule has 4 aromatic heterocycles. The molecule has 2 bridgehead atoms. The number of aromatic nitrogens is 6. The zero-order chi connectivity index (χ0) is 23.4. The highest BCUT2D eigenvalue weighted by atomic mass is 35.5. The second-order valence-corrected chi connectivity index (χ2v) is 10.0. The molecule has 3 aliphatic carbocycles. The van der Waals surface area contributed by atoms with Crippen molar-refractivity contribution in [2.45, 2.75) is 44.7 Å². The van der Waals surface area contributed by atoms with Gasteiger partial charge in [0.25, 0.3) is 0 Å². The maximum atomic E-state index is 13.6. The van der Waals surface area contributed by atoms with Crippen LogP contribution in [-0.4, -0.2) is 48.9 Å². The van der Waals surface area contributed by atoms with E-state index in [9.17, 15) is 8.78 Å². The van der Waals surface area contributed by atoms with Gasteiger partial charge in [-0.2, -0.15) is 0 Å². The number of alkyl halides is 2. The Morgan fingerprint density at radius 2 is 1.91 bits per heavy atom. The first-order chi connectivity index (χ1) is 16.6. The van der Waals surface area contributed by atoms with E-state index in [1.165, 1.54) is 31.9 Å². The number of nitrogens with zero attached hydrogens (tertiary/aromatic N) is 5. The molecule has 7 nitrogen and oxygen atoms in total. The number of hydrogen-bond acceptors (Lipinski definition) is 5. The lowest BCUT2D eigenvalue weighted by molar-refractivity contribution is 0.0929. The van der Waals surface area contributed by atoms with Gasteiger partial charge in [-0.25, -0.2) is 28.7 Å². The fraction of sp³-hybridized carbons (Fsp3) is 0.500. The van der Waals surface area contributed by atoms with Gasteiger partial charge in [-0.15, -0.1) is 0 Å². The van der Waals surface area contributed by atoms with Crippen molar-refractivity contribution in [3.63, 3.8) is 0 Å². The molecule has 3 aliphatic rings. The van der Waals surface area contributed by atoms with E-state index < -0.39 is 19.4 Å². The summed E-state index contributed by atoms with van der Waals surface area (Å²) in [4.78, 5) is 21.4. The fourth-order valence-electron chi connectivity index (χ4n) is 5.95. The van der Waals surface area contributed by atoms with Crippen molar-refractivity contribution in [1.29, 1.82) is 0 Å². The van der Waals surface area contributed by atoms with E-state index in [1.807, 2.05) is 6.07 Å². The minimum absolute atomic E-state index is 0.262. The van der Waals surface area contributed by atoms with Gasteiger partial charge < -0.3 is 14.9 Å². The smallest absolute Gasteiger partial charge is 0.167 e. The van der Waals surface area contributed by atoms with Gasteiger partial charge in [0.1, 0.15) is 35.5 Å². The number of hydrogen-bond donors (Lipinski definition) is 2. The van der Waals surface area contributed by atoms with Gasteiger partial charge >= 0.3 is 0 Å². The lowest BCUT2D eigenvalue weighted by Gasteiger charge is -2.47. The van der Waals surface area contributed by atoms with E-state index in [-0.39, 0.29) is 5.15 Å². The van der Waals surface area contributed by atoms with E-state index in [1.54, 1.807) is 17.0 Å². The van der Waals surface area contributed by atoms with Crippen LogP contribution in [0.2, 0.25) is 5.15 Å². The first kappa shape index (κ1) is 21.7. The number of aromatic amines is 1. The van der Waals surface area contributed by atoms with Gasteiger partial charge in [0.05, 0.1) is 23.2 Å². The third-order valence-corrected chi connectivity index (χ3v) is 8.03. The van der Waals surface area contributed by atoms with Crippen LogP contribution < -0.4 is 5.32 Å². The predicted molar refractivity (Wildman–Crippen MR) is 128 cm³/mol. The molecule has 0 amide bonds. The number of rotatable bonds is 6. The summed E-state index contributed by atoms with van der Waals surface area (Å²) in [5.41, 5.74) is 2.24. The average molecular weight is 486 g/mol. The Hall–Kier alpha value is -2.81. The molecule has 0 unspecified atom stereocenters. The lowest BCUT2D eigenvalue weighted by Crippen LogP contribution is -2.47. The first-order valence-electron chi connectivity index (χ1n) is 11.8. The molecule has 2 N–H and O–H groups in total. The molecule has 0 radical (unpaired) electrons. The Labute approximate surface area is 200 Å². The number of fused-ring (bicyclic) bond motifs is 5. The monoisotopic (exact) mass is 485 g/mol. The minimum Gasteiger partial charge on any atom is -0.366 e. The van der Waals surface area contributed by atoms with Crippen LogP contribution in [-0.2, 0) is 0 Å². The number of halogens is 3. The van der Waals surface area contributed by atoms with E-state index in [2.05, 4.69) is 27.2 Å². The Kier molecular flexibility index (Phi) is 5.39. The SMILES string of the molecule is C[C@H]1C2CCC(CC2)[C@@H]1Nc1nc(-c2c[nH]c3ncc(Cl)nc23)nc2c1ccn2C(CF)CF. The van der Waals surface area contributed by atoms with Gasteiger partial charge in [-0.3, -0.25) is 0 Å². The van der Waals surface area contributed by atoms with Crippen LogP contribution in [0.15, 0.2) is 24.7 Å². The molecule has 4 aromatic rings. The van der Waals surface area contributed by atoms with Crippen molar-refractivity contribution in [3.8, 4) is 11.4 Å². The minimum atomic E-state index is -0.935. The van der Waals surface area contributed by atoms with Crippen LogP contribution in [0.3, 0.4) is 0 Å². The van der Waals surface area contributed by atoms with Crippen LogP contribution in [0.25, 0.3) is 33.6 Å². The van der Waals surface area contributed by atoms with Crippen molar-refractivity contribution in [1.82, 2.24) is 29.5 Å². The molecule has 0 saturated heterocycles. The summed E-state index contributed by atoms with van der Waals surface area (Å²) >= 11 is 6.10. The van der Waals surface area contributed by atoms with Crippen molar-refractivity contribution >= 4 is 39.6 Å². The average Bonchev–Trinajstić information content (AvgIpc) is 3.47. The molecule has 10 heteroatoms. The zero-order valence-corrected chi connectivity index (χ0v) is 19.6. The number of anilines is 1. The Morgan fingerprint density at radius 1 is 1.15 bits per heavy atom.